The van der Waals surface area contributed by atoms with Crippen molar-refractivity contribution in [1.29, 1.82) is 0 Å². The summed E-state index contributed by atoms with van der Waals surface area (Å²) in [7, 11) is 0. The van der Waals surface area contributed by atoms with E-state index in [1.807, 2.05) is 25.3 Å². The van der Waals surface area contributed by atoms with Gasteiger partial charge in [-0.25, -0.2) is 0 Å². The second kappa shape index (κ2) is 7.88. The van der Waals surface area contributed by atoms with Crippen LogP contribution < -0.4 is 5.32 Å². The van der Waals surface area contributed by atoms with Crippen LogP contribution in [-0.2, 0) is 0 Å². The molecule has 1 aromatic carbocycles. The maximum atomic E-state index is 12.0. The summed E-state index contributed by atoms with van der Waals surface area (Å²) in [5.41, 5.74) is 2.33. The zero-order chi connectivity index (χ0) is 14.3. The Balaban J connectivity index is 2.82. The molecule has 1 aromatic rings. The minimum atomic E-state index is -0.180. The first kappa shape index (κ1) is 15.6. The Morgan fingerprint density at radius 1 is 1.47 bits per heavy atom. The van der Waals surface area contributed by atoms with E-state index in [1.54, 1.807) is 17.8 Å². The van der Waals surface area contributed by atoms with Crippen molar-refractivity contribution in [2.75, 3.05) is 19.4 Å². The highest BCUT2D eigenvalue weighted by Crippen LogP contribution is 2.10. The Morgan fingerprint density at radius 2 is 2.21 bits per heavy atom. The van der Waals surface area contributed by atoms with Crippen molar-refractivity contribution in [2.45, 2.75) is 19.1 Å². The van der Waals surface area contributed by atoms with E-state index >= 15 is 0 Å². The first-order valence-electron chi connectivity index (χ1n) is 6.09. The maximum absolute atomic E-state index is 12.0. The van der Waals surface area contributed by atoms with Gasteiger partial charge in [-0.1, -0.05) is 18.8 Å². The molecule has 0 aliphatic rings. The summed E-state index contributed by atoms with van der Waals surface area (Å²) >= 11 is 1.71. The molecule has 0 fully saturated rings. The van der Waals surface area contributed by atoms with Gasteiger partial charge in [0.15, 0.2) is 0 Å². The van der Waals surface area contributed by atoms with Gasteiger partial charge in [0.1, 0.15) is 6.61 Å². The number of thioether (sulfide) groups is 1. The van der Waals surface area contributed by atoms with Crippen molar-refractivity contribution >= 4 is 17.7 Å². The summed E-state index contributed by atoms with van der Waals surface area (Å²) in [5.74, 6) is 5.32. The summed E-state index contributed by atoms with van der Waals surface area (Å²) in [6.07, 6.45) is 2.02. The van der Waals surface area contributed by atoms with Gasteiger partial charge in [0.2, 0.25) is 0 Å². The molecule has 1 unspecified atom stereocenters. The second-order valence-electron chi connectivity index (χ2n) is 4.30. The van der Waals surface area contributed by atoms with Gasteiger partial charge in [-0.15, -0.1) is 0 Å². The SMILES string of the molecule is CSC(C)CNC(=O)c1cc(C)cc(C#CCO)c1. The largest absolute Gasteiger partial charge is 0.384 e. The monoisotopic (exact) mass is 277 g/mol. The van der Waals surface area contributed by atoms with Crippen molar-refractivity contribution in [3.8, 4) is 11.8 Å². The molecule has 0 heterocycles. The minimum absolute atomic E-state index is 0.0864. The van der Waals surface area contributed by atoms with Gasteiger partial charge in [-0.3, -0.25) is 4.79 Å². The number of aryl methyl sites for hydroxylation is 1. The van der Waals surface area contributed by atoms with Crippen LogP contribution in [0.15, 0.2) is 18.2 Å². The van der Waals surface area contributed by atoms with Gasteiger partial charge in [0.05, 0.1) is 0 Å². The molecule has 1 rings (SSSR count). The van der Waals surface area contributed by atoms with Crippen LogP contribution in [0.1, 0.15) is 28.4 Å². The first-order valence-corrected chi connectivity index (χ1v) is 7.38. The van der Waals surface area contributed by atoms with Crippen LogP contribution in [0.2, 0.25) is 0 Å². The highest BCUT2D eigenvalue weighted by atomic mass is 32.2. The highest BCUT2D eigenvalue weighted by molar-refractivity contribution is 7.99. The summed E-state index contributed by atoms with van der Waals surface area (Å²) in [6.45, 7) is 4.46. The molecule has 0 bridgehead atoms. The Hall–Kier alpha value is -1.44. The summed E-state index contributed by atoms with van der Waals surface area (Å²) in [4.78, 5) is 12.0. The number of amides is 1. The lowest BCUT2D eigenvalue weighted by Gasteiger charge is -2.10. The molecule has 102 valence electrons. The maximum Gasteiger partial charge on any atom is 0.251 e. The molecule has 0 radical (unpaired) electrons. The Labute approximate surface area is 118 Å². The Morgan fingerprint density at radius 3 is 2.84 bits per heavy atom. The molecule has 0 aromatic heterocycles. The third-order valence-electron chi connectivity index (χ3n) is 2.60. The zero-order valence-electron chi connectivity index (χ0n) is 11.5. The van der Waals surface area contributed by atoms with E-state index in [2.05, 4.69) is 24.1 Å². The van der Waals surface area contributed by atoms with E-state index in [9.17, 15) is 4.79 Å². The molecule has 0 aliphatic heterocycles. The van der Waals surface area contributed by atoms with Crippen LogP contribution in [0.3, 0.4) is 0 Å². The Bertz CT molecular complexity index is 503. The van der Waals surface area contributed by atoms with Gasteiger partial charge in [-0.2, -0.15) is 11.8 Å². The molecule has 3 nitrogen and oxygen atoms in total. The minimum Gasteiger partial charge on any atom is -0.384 e. The average Bonchev–Trinajstić information content (AvgIpc) is 2.41. The first-order chi connectivity index (χ1) is 9.06. The summed E-state index contributed by atoms with van der Waals surface area (Å²) in [5, 5.41) is 12.0. The van der Waals surface area contributed by atoms with Crippen LogP contribution in [0, 0.1) is 18.8 Å². The van der Waals surface area contributed by atoms with Crippen LogP contribution in [0.5, 0.6) is 0 Å². The van der Waals surface area contributed by atoms with Gasteiger partial charge < -0.3 is 10.4 Å². The molecular weight excluding hydrogens is 258 g/mol. The van der Waals surface area contributed by atoms with E-state index < -0.39 is 0 Å². The van der Waals surface area contributed by atoms with Crippen molar-refractivity contribution in [3.63, 3.8) is 0 Å². The lowest BCUT2D eigenvalue weighted by atomic mass is 10.1. The molecule has 0 aliphatic carbocycles. The number of carbonyl (C=O) groups is 1. The lowest BCUT2D eigenvalue weighted by Crippen LogP contribution is -2.29. The number of benzene rings is 1. The van der Waals surface area contributed by atoms with Gasteiger partial charge >= 0.3 is 0 Å². The van der Waals surface area contributed by atoms with Crippen LogP contribution in [0.4, 0.5) is 0 Å². The molecule has 2 N–H and O–H groups in total. The molecule has 1 atom stereocenters. The molecule has 4 heteroatoms. The predicted molar refractivity (Wildman–Crippen MR) is 80.5 cm³/mol. The van der Waals surface area contributed by atoms with Crippen LogP contribution >= 0.6 is 11.8 Å². The molecule has 1 amide bonds. The number of hydrogen-bond donors (Lipinski definition) is 2. The summed E-state index contributed by atoms with van der Waals surface area (Å²) < 4.78 is 0. The van der Waals surface area contributed by atoms with E-state index in [0.29, 0.717) is 17.4 Å². The van der Waals surface area contributed by atoms with Gasteiger partial charge in [0.25, 0.3) is 5.91 Å². The van der Waals surface area contributed by atoms with Crippen molar-refractivity contribution in [1.82, 2.24) is 5.32 Å². The third-order valence-corrected chi connectivity index (χ3v) is 3.58. The number of hydrogen-bond acceptors (Lipinski definition) is 3. The number of aliphatic hydroxyl groups excluding tert-OH is 1. The number of rotatable bonds is 4. The molecular formula is C15H19NO2S. The number of carbonyl (C=O) groups excluding carboxylic acids is 1. The average molecular weight is 277 g/mol. The number of nitrogens with one attached hydrogen (secondary N) is 1. The molecule has 0 saturated carbocycles. The molecule has 0 spiro atoms. The van der Waals surface area contributed by atoms with Crippen molar-refractivity contribution in [2.24, 2.45) is 0 Å². The van der Waals surface area contributed by atoms with Crippen LogP contribution in [-0.4, -0.2) is 35.7 Å². The standard InChI is InChI=1S/C15H19NO2S/c1-11-7-13(5-4-6-17)9-14(8-11)15(18)16-10-12(2)19-3/h7-9,12,17H,6,10H2,1-3H3,(H,16,18). The summed E-state index contributed by atoms with van der Waals surface area (Å²) in [6, 6.07) is 5.47. The predicted octanol–water partition coefficient (Wildman–Crippen LogP) is 1.82. The Kier molecular flexibility index (Phi) is 6.48. The fourth-order valence-corrected chi connectivity index (χ4v) is 1.80. The van der Waals surface area contributed by atoms with Gasteiger partial charge in [0, 0.05) is 22.9 Å². The zero-order valence-corrected chi connectivity index (χ0v) is 12.3. The van der Waals surface area contributed by atoms with Crippen LogP contribution in [0.25, 0.3) is 0 Å². The van der Waals surface area contributed by atoms with E-state index in [0.717, 1.165) is 11.1 Å². The molecule has 0 saturated heterocycles. The van der Waals surface area contributed by atoms with E-state index in [1.165, 1.54) is 0 Å². The van der Waals surface area contributed by atoms with E-state index in [-0.39, 0.29) is 12.5 Å². The van der Waals surface area contributed by atoms with E-state index in [4.69, 9.17) is 5.11 Å². The fraction of sp³-hybridized carbons (Fsp3) is 0.400. The lowest BCUT2D eigenvalue weighted by molar-refractivity contribution is 0.0954. The van der Waals surface area contributed by atoms with Crippen molar-refractivity contribution < 1.29 is 9.90 Å². The number of aliphatic hydroxyl groups is 1. The topological polar surface area (TPSA) is 49.3 Å². The smallest absolute Gasteiger partial charge is 0.251 e. The molecule has 19 heavy (non-hydrogen) atoms. The third kappa shape index (κ3) is 5.37. The second-order valence-corrected chi connectivity index (χ2v) is 5.58. The normalized spacial score (nSPS) is 11.4. The highest BCUT2D eigenvalue weighted by Gasteiger charge is 2.08. The van der Waals surface area contributed by atoms with Crippen molar-refractivity contribution in [3.05, 3.63) is 34.9 Å². The quantitative estimate of drug-likeness (QED) is 0.825. The fourth-order valence-electron chi connectivity index (χ4n) is 1.55. The van der Waals surface area contributed by atoms with Gasteiger partial charge in [-0.05, 0) is 36.9 Å².